The van der Waals surface area contributed by atoms with Crippen molar-refractivity contribution in [2.45, 2.75) is 26.3 Å². The summed E-state index contributed by atoms with van der Waals surface area (Å²) < 4.78 is 0. The van der Waals surface area contributed by atoms with Gasteiger partial charge in [-0.3, -0.25) is 14.5 Å². The number of hydrogen-bond acceptors (Lipinski definition) is 3. The normalized spacial score (nSPS) is 14.6. The molecule has 29 heavy (non-hydrogen) atoms. The van der Waals surface area contributed by atoms with Gasteiger partial charge in [0, 0.05) is 57.4 Å². The lowest BCUT2D eigenvalue weighted by Crippen LogP contribution is -2.48. The molecule has 1 saturated heterocycles. The average Bonchev–Trinajstić information content (AvgIpc) is 2.77. The molecule has 0 aromatic heterocycles. The Morgan fingerprint density at radius 3 is 2.31 bits per heavy atom. The zero-order chi connectivity index (χ0) is 20.6. The van der Waals surface area contributed by atoms with Crippen molar-refractivity contribution in [3.05, 3.63) is 71.3 Å². The van der Waals surface area contributed by atoms with Crippen LogP contribution in [0.2, 0.25) is 0 Å². The van der Waals surface area contributed by atoms with Crippen molar-refractivity contribution in [2.24, 2.45) is 0 Å². The zero-order valence-corrected chi connectivity index (χ0v) is 17.5. The first-order valence-electron chi connectivity index (χ1n) is 10.5. The van der Waals surface area contributed by atoms with E-state index in [9.17, 15) is 9.59 Å². The van der Waals surface area contributed by atoms with Gasteiger partial charge in [0.2, 0.25) is 0 Å². The third-order valence-electron chi connectivity index (χ3n) is 5.46. The molecule has 0 radical (unpaired) electrons. The van der Waals surface area contributed by atoms with E-state index in [2.05, 4.69) is 36.1 Å². The number of unbranched alkanes of at least 4 members (excludes halogenated alkanes) is 1. The van der Waals surface area contributed by atoms with Crippen LogP contribution in [-0.4, -0.2) is 66.3 Å². The summed E-state index contributed by atoms with van der Waals surface area (Å²) in [5.41, 5.74) is 2.47. The first kappa shape index (κ1) is 21.1. The summed E-state index contributed by atoms with van der Waals surface area (Å²) in [5.74, 6) is -0.0176. The molecule has 0 aliphatic carbocycles. The van der Waals surface area contributed by atoms with E-state index in [0.717, 1.165) is 39.0 Å². The van der Waals surface area contributed by atoms with Crippen molar-refractivity contribution in [2.75, 3.05) is 39.8 Å². The molecule has 2 aromatic rings. The minimum atomic E-state index is -0.0271. The fourth-order valence-electron chi connectivity index (χ4n) is 3.64. The van der Waals surface area contributed by atoms with E-state index in [1.807, 2.05) is 24.1 Å². The van der Waals surface area contributed by atoms with E-state index >= 15 is 0 Å². The van der Waals surface area contributed by atoms with E-state index in [4.69, 9.17) is 0 Å². The fourth-order valence-corrected chi connectivity index (χ4v) is 3.64. The molecule has 0 N–H and O–H groups in total. The maximum atomic E-state index is 13.0. The molecule has 1 aliphatic heterocycles. The molecular formula is C24H31N3O2. The molecule has 0 spiro atoms. The molecule has 2 amide bonds. The SMILES string of the molecule is CCCCN(C)C(=O)c1cccc(C(=O)N2CCN(Cc3ccccc3)CC2)c1. The van der Waals surface area contributed by atoms with Gasteiger partial charge in [-0.1, -0.05) is 49.7 Å². The second-order valence-corrected chi connectivity index (χ2v) is 7.72. The average molecular weight is 394 g/mol. The Labute approximate surface area is 173 Å². The van der Waals surface area contributed by atoms with Crippen molar-refractivity contribution in [1.29, 1.82) is 0 Å². The molecule has 1 heterocycles. The van der Waals surface area contributed by atoms with Gasteiger partial charge in [0.25, 0.3) is 11.8 Å². The number of carbonyl (C=O) groups excluding carboxylic acids is 2. The third-order valence-corrected chi connectivity index (χ3v) is 5.46. The minimum Gasteiger partial charge on any atom is -0.342 e. The molecule has 0 saturated carbocycles. The predicted octanol–water partition coefficient (Wildman–Crippen LogP) is 3.52. The molecule has 1 fully saturated rings. The lowest BCUT2D eigenvalue weighted by Gasteiger charge is -2.34. The maximum absolute atomic E-state index is 13.0. The summed E-state index contributed by atoms with van der Waals surface area (Å²) in [6, 6.07) is 17.6. The van der Waals surface area contributed by atoms with Gasteiger partial charge in [-0.15, -0.1) is 0 Å². The minimum absolute atomic E-state index is 0.00947. The number of nitrogens with zero attached hydrogens (tertiary/aromatic N) is 3. The highest BCUT2D eigenvalue weighted by molar-refractivity contribution is 5.99. The Morgan fingerprint density at radius 1 is 0.931 bits per heavy atom. The van der Waals surface area contributed by atoms with Crippen LogP contribution in [0.4, 0.5) is 0 Å². The summed E-state index contributed by atoms with van der Waals surface area (Å²) in [4.78, 5) is 31.6. The molecule has 5 nitrogen and oxygen atoms in total. The first-order valence-corrected chi connectivity index (χ1v) is 10.5. The molecule has 0 bridgehead atoms. The summed E-state index contributed by atoms with van der Waals surface area (Å²) in [7, 11) is 1.82. The first-order chi connectivity index (χ1) is 14.1. The van der Waals surface area contributed by atoms with Crippen LogP contribution < -0.4 is 0 Å². The summed E-state index contributed by atoms with van der Waals surface area (Å²) in [6.07, 6.45) is 2.03. The van der Waals surface area contributed by atoms with Gasteiger partial charge >= 0.3 is 0 Å². The van der Waals surface area contributed by atoms with Crippen LogP contribution in [0.5, 0.6) is 0 Å². The van der Waals surface area contributed by atoms with Crippen LogP contribution >= 0.6 is 0 Å². The highest BCUT2D eigenvalue weighted by atomic mass is 16.2. The van der Waals surface area contributed by atoms with Gasteiger partial charge in [-0.25, -0.2) is 0 Å². The largest absolute Gasteiger partial charge is 0.342 e. The van der Waals surface area contributed by atoms with Crippen molar-refractivity contribution in [1.82, 2.24) is 14.7 Å². The van der Waals surface area contributed by atoms with Crippen molar-refractivity contribution >= 4 is 11.8 Å². The lowest BCUT2D eigenvalue weighted by atomic mass is 10.1. The van der Waals surface area contributed by atoms with E-state index in [1.165, 1.54) is 5.56 Å². The van der Waals surface area contributed by atoms with Crippen LogP contribution in [-0.2, 0) is 6.54 Å². The Kier molecular flexibility index (Phi) is 7.42. The van der Waals surface area contributed by atoms with E-state index in [-0.39, 0.29) is 11.8 Å². The highest BCUT2D eigenvalue weighted by Gasteiger charge is 2.23. The summed E-state index contributed by atoms with van der Waals surface area (Å²) >= 11 is 0. The van der Waals surface area contributed by atoms with Gasteiger partial charge in [0.15, 0.2) is 0 Å². The second-order valence-electron chi connectivity index (χ2n) is 7.72. The Hall–Kier alpha value is -2.66. The van der Waals surface area contributed by atoms with Crippen LogP contribution in [0, 0.1) is 0 Å². The standard InChI is InChI=1S/C24H31N3O2/c1-3-4-13-25(2)23(28)21-11-8-12-22(18-21)24(29)27-16-14-26(15-17-27)19-20-9-6-5-7-10-20/h5-12,18H,3-4,13-17,19H2,1-2H3. The van der Waals surface area contributed by atoms with Gasteiger partial charge < -0.3 is 9.80 Å². The van der Waals surface area contributed by atoms with Gasteiger partial charge in [0.1, 0.15) is 0 Å². The third kappa shape index (κ3) is 5.67. The van der Waals surface area contributed by atoms with Crippen LogP contribution in [0.3, 0.4) is 0 Å². The van der Waals surface area contributed by atoms with Gasteiger partial charge in [-0.05, 0) is 30.2 Å². The summed E-state index contributed by atoms with van der Waals surface area (Å²) in [5, 5.41) is 0. The van der Waals surface area contributed by atoms with E-state index in [1.54, 1.807) is 23.1 Å². The Balaban J connectivity index is 1.57. The highest BCUT2D eigenvalue weighted by Crippen LogP contribution is 2.14. The van der Waals surface area contributed by atoms with Crippen molar-refractivity contribution in [3.8, 4) is 0 Å². The summed E-state index contributed by atoms with van der Waals surface area (Å²) in [6.45, 7) is 6.89. The molecule has 3 rings (SSSR count). The molecule has 1 aliphatic rings. The van der Waals surface area contributed by atoms with Gasteiger partial charge in [0.05, 0.1) is 0 Å². The van der Waals surface area contributed by atoms with Crippen LogP contribution in [0.25, 0.3) is 0 Å². The van der Waals surface area contributed by atoms with Crippen LogP contribution in [0.15, 0.2) is 54.6 Å². The monoisotopic (exact) mass is 393 g/mol. The smallest absolute Gasteiger partial charge is 0.253 e. The van der Waals surface area contributed by atoms with E-state index < -0.39 is 0 Å². The number of carbonyl (C=O) groups is 2. The molecule has 0 unspecified atom stereocenters. The number of hydrogen-bond donors (Lipinski definition) is 0. The topological polar surface area (TPSA) is 43.9 Å². The predicted molar refractivity (Wildman–Crippen MR) is 116 cm³/mol. The van der Waals surface area contributed by atoms with Crippen LogP contribution in [0.1, 0.15) is 46.0 Å². The van der Waals surface area contributed by atoms with E-state index in [0.29, 0.717) is 24.2 Å². The zero-order valence-electron chi connectivity index (χ0n) is 17.5. The molecule has 154 valence electrons. The number of piperazine rings is 1. The van der Waals surface area contributed by atoms with Gasteiger partial charge in [-0.2, -0.15) is 0 Å². The fraction of sp³-hybridized carbons (Fsp3) is 0.417. The maximum Gasteiger partial charge on any atom is 0.253 e. The number of benzene rings is 2. The number of amides is 2. The lowest BCUT2D eigenvalue weighted by molar-refractivity contribution is 0.0628. The molecule has 5 heteroatoms. The van der Waals surface area contributed by atoms with Crippen molar-refractivity contribution < 1.29 is 9.59 Å². The Morgan fingerprint density at radius 2 is 1.62 bits per heavy atom. The molecule has 0 atom stereocenters. The quantitative estimate of drug-likeness (QED) is 0.723. The molecular weight excluding hydrogens is 362 g/mol. The van der Waals surface area contributed by atoms with Crippen molar-refractivity contribution in [3.63, 3.8) is 0 Å². The molecule has 2 aromatic carbocycles. The number of rotatable bonds is 7. The second kappa shape index (κ2) is 10.2. The Bertz CT molecular complexity index is 814.